The summed E-state index contributed by atoms with van der Waals surface area (Å²) in [6, 6.07) is 22.0. The third-order valence-corrected chi connectivity index (χ3v) is 4.58. The van der Waals surface area contributed by atoms with Crippen LogP contribution < -0.4 is 0 Å². The van der Waals surface area contributed by atoms with Crippen LogP contribution in [0.25, 0.3) is 22.6 Å². The van der Waals surface area contributed by atoms with Crippen LogP contribution >= 0.6 is 11.6 Å². The van der Waals surface area contributed by atoms with Crippen LogP contribution in [-0.4, -0.2) is 14.5 Å². The van der Waals surface area contributed by atoms with Crippen molar-refractivity contribution in [2.75, 3.05) is 0 Å². The Labute approximate surface area is 162 Å². The summed E-state index contributed by atoms with van der Waals surface area (Å²) in [7, 11) is 0. The maximum atomic E-state index is 9.72. The minimum atomic E-state index is 0.364. The molecule has 4 aromatic rings. The van der Waals surface area contributed by atoms with E-state index in [2.05, 4.69) is 16.0 Å². The average Bonchev–Trinajstić information content (AvgIpc) is 3.15. The van der Waals surface area contributed by atoms with Gasteiger partial charge in [0.1, 0.15) is 11.2 Å². The number of imidazole rings is 1. The summed E-state index contributed by atoms with van der Waals surface area (Å²) < 4.78 is 1.95. The second-order valence-electron chi connectivity index (χ2n) is 6.10. The molecule has 0 saturated heterocycles. The van der Waals surface area contributed by atoms with Crippen LogP contribution in [0, 0.1) is 11.3 Å². The Morgan fingerprint density at radius 3 is 2.70 bits per heavy atom. The quantitative estimate of drug-likeness (QED) is 0.366. The van der Waals surface area contributed by atoms with Gasteiger partial charge in [0.25, 0.3) is 0 Å². The van der Waals surface area contributed by atoms with Crippen LogP contribution in [0.15, 0.2) is 73.1 Å². The van der Waals surface area contributed by atoms with Crippen LogP contribution in [0.5, 0.6) is 0 Å². The van der Waals surface area contributed by atoms with Gasteiger partial charge in [-0.2, -0.15) is 5.26 Å². The van der Waals surface area contributed by atoms with E-state index in [1.165, 1.54) is 0 Å². The van der Waals surface area contributed by atoms with Gasteiger partial charge in [0.15, 0.2) is 5.82 Å². The number of nitrogens with zero attached hydrogens (tertiary/aromatic N) is 4. The number of fused-ring (bicyclic) bond motifs is 1. The zero-order chi connectivity index (χ0) is 18.6. The minimum absolute atomic E-state index is 0.364. The van der Waals surface area contributed by atoms with Gasteiger partial charge in [-0.05, 0) is 23.8 Å². The van der Waals surface area contributed by atoms with E-state index in [-0.39, 0.29) is 0 Å². The van der Waals surface area contributed by atoms with Crippen molar-refractivity contribution in [3.05, 3.63) is 95.2 Å². The molecule has 0 spiro atoms. The van der Waals surface area contributed by atoms with E-state index in [0.717, 1.165) is 16.5 Å². The number of allylic oxidation sites excluding steroid dienone is 1. The molecule has 0 unspecified atom stereocenters. The van der Waals surface area contributed by atoms with E-state index in [9.17, 15) is 5.26 Å². The minimum Gasteiger partial charge on any atom is -0.326 e. The lowest BCUT2D eigenvalue weighted by molar-refractivity contribution is 0.784. The standard InChI is InChI=1S/C22H15ClN4/c23-21-18(12-17-8-4-5-9-20(17)26-21)13-19(14-24)22-25-10-11-27(22)15-16-6-2-1-3-7-16/h1-13H,15H2. The zero-order valence-electron chi connectivity index (χ0n) is 14.4. The fourth-order valence-corrected chi connectivity index (χ4v) is 3.17. The van der Waals surface area contributed by atoms with E-state index in [1.807, 2.05) is 71.4 Å². The Kier molecular flexibility index (Phi) is 4.69. The van der Waals surface area contributed by atoms with Crippen LogP contribution in [0.1, 0.15) is 17.0 Å². The van der Waals surface area contributed by atoms with Crippen molar-refractivity contribution < 1.29 is 0 Å². The molecule has 5 heteroatoms. The van der Waals surface area contributed by atoms with Crippen molar-refractivity contribution in [2.45, 2.75) is 6.54 Å². The molecule has 27 heavy (non-hydrogen) atoms. The van der Waals surface area contributed by atoms with Crippen molar-refractivity contribution in [2.24, 2.45) is 0 Å². The molecule has 4 nitrogen and oxygen atoms in total. The van der Waals surface area contributed by atoms with Crippen molar-refractivity contribution in [3.63, 3.8) is 0 Å². The molecule has 0 atom stereocenters. The van der Waals surface area contributed by atoms with Crippen molar-refractivity contribution in [3.8, 4) is 6.07 Å². The first kappa shape index (κ1) is 17.0. The molecule has 0 amide bonds. The number of nitriles is 1. The van der Waals surface area contributed by atoms with Gasteiger partial charge in [-0.3, -0.25) is 0 Å². The first-order valence-corrected chi connectivity index (χ1v) is 8.85. The van der Waals surface area contributed by atoms with Crippen molar-refractivity contribution in [1.29, 1.82) is 5.26 Å². The monoisotopic (exact) mass is 370 g/mol. The largest absolute Gasteiger partial charge is 0.326 e. The molecule has 2 aromatic heterocycles. The summed E-state index contributed by atoms with van der Waals surface area (Å²) in [6.45, 7) is 0.638. The van der Waals surface area contributed by atoms with E-state index in [4.69, 9.17) is 11.6 Å². The van der Waals surface area contributed by atoms with Gasteiger partial charge in [-0.1, -0.05) is 60.1 Å². The lowest BCUT2D eigenvalue weighted by Gasteiger charge is -2.08. The predicted octanol–water partition coefficient (Wildman–Crippen LogP) is 5.20. The number of hydrogen-bond acceptors (Lipinski definition) is 3. The molecule has 0 fully saturated rings. The molecule has 2 aromatic carbocycles. The number of hydrogen-bond donors (Lipinski definition) is 0. The predicted molar refractivity (Wildman–Crippen MR) is 108 cm³/mol. The van der Waals surface area contributed by atoms with Gasteiger partial charge in [-0.15, -0.1) is 0 Å². The van der Waals surface area contributed by atoms with Crippen LogP contribution in [0.3, 0.4) is 0 Å². The van der Waals surface area contributed by atoms with Gasteiger partial charge in [0.2, 0.25) is 0 Å². The Balaban J connectivity index is 1.74. The molecule has 0 saturated carbocycles. The number of benzene rings is 2. The highest BCUT2D eigenvalue weighted by atomic mass is 35.5. The summed E-state index contributed by atoms with van der Waals surface area (Å²) in [5.41, 5.74) is 3.10. The van der Waals surface area contributed by atoms with Crippen molar-refractivity contribution in [1.82, 2.24) is 14.5 Å². The fraction of sp³-hybridized carbons (Fsp3) is 0.0455. The Bertz CT molecular complexity index is 1170. The van der Waals surface area contributed by atoms with Gasteiger partial charge < -0.3 is 4.57 Å². The van der Waals surface area contributed by atoms with Gasteiger partial charge in [0.05, 0.1) is 11.1 Å². The van der Waals surface area contributed by atoms with E-state index >= 15 is 0 Å². The lowest BCUT2D eigenvalue weighted by atomic mass is 10.1. The molecule has 0 aliphatic rings. The topological polar surface area (TPSA) is 54.5 Å². The molecular weight excluding hydrogens is 356 g/mol. The maximum Gasteiger partial charge on any atom is 0.150 e. The SMILES string of the molecule is N#CC(=Cc1cc2ccccc2nc1Cl)c1nccn1Cc1ccccc1. The highest BCUT2D eigenvalue weighted by Crippen LogP contribution is 2.25. The number of aromatic nitrogens is 3. The zero-order valence-corrected chi connectivity index (χ0v) is 15.1. The van der Waals surface area contributed by atoms with Crippen LogP contribution in [0.2, 0.25) is 5.15 Å². The molecule has 0 aliphatic heterocycles. The number of rotatable bonds is 4. The van der Waals surface area contributed by atoms with Crippen molar-refractivity contribution >= 4 is 34.2 Å². The third kappa shape index (κ3) is 3.59. The summed E-state index contributed by atoms with van der Waals surface area (Å²) in [5, 5.41) is 11.1. The molecule has 0 N–H and O–H groups in total. The third-order valence-electron chi connectivity index (χ3n) is 4.28. The Hall–Kier alpha value is -3.42. The van der Waals surface area contributed by atoms with Gasteiger partial charge in [-0.25, -0.2) is 9.97 Å². The summed E-state index contributed by atoms with van der Waals surface area (Å²) in [4.78, 5) is 8.80. The Morgan fingerprint density at radius 2 is 1.89 bits per heavy atom. The molecule has 2 heterocycles. The van der Waals surface area contributed by atoms with Gasteiger partial charge >= 0.3 is 0 Å². The second-order valence-corrected chi connectivity index (χ2v) is 6.45. The number of halogens is 1. The van der Waals surface area contributed by atoms with E-state index in [1.54, 1.807) is 12.3 Å². The highest BCUT2D eigenvalue weighted by molar-refractivity contribution is 6.31. The number of pyridine rings is 1. The van der Waals surface area contributed by atoms with E-state index < -0.39 is 0 Å². The first-order valence-electron chi connectivity index (χ1n) is 8.47. The summed E-state index contributed by atoms with van der Waals surface area (Å²) >= 11 is 6.34. The second kappa shape index (κ2) is 7.45. The molecule has 0 bridgehead atoms. The average molecular weight is 371 g/mol. The summed E-state index contributed by atoms with van der Waals surface area (Å²) in [5.74, 6) is 0.602. The fourth-order valence-electron chi connectivity index (χ4n) is 2.97. The van der Waals surface area contributed by atoms with Crippen LogP contribution in [-0.2, 0) is 6.54 Å². The number of para-hydroxylation sites is 1. The maximum absolute atomic E-state index is 9.72. The Morgan fingerprint density at radius 1 is 1.11 bits per heavy atom. The van der Waals surface area contributed by atoms with Crippen LogP contribution in [0.4, 0.5) is 0 Å². The summed E-state index contributed by atoms with van der Waals surface area (Å²) in [6.07, 6.45) is 5.31. The smallest absolute Gasteiger partial charge is 0.150 e. The molecule has 0 aliphatic carbocycles. The van der Waals surface area contributed by atoms with E-state index in [0.29, 0.717) is 28.7 Å². The molecule has 130 valence electrons. The first-order chi connectivity index (χ1) is 13.2. The molecule has 0 radical (unpaired) electrons. The highest BCUT2D eigenvalue weighted by Gasteiger charge is 2.11. The van der Waals surface area contributed by atoms with Gasteiger partial charge in [0, 0.05) is 29.9 Å². The lowest BCUT2D eigenvalue weighted by Crippen LogP contribution is -2.03. The normalized spacial score (nSPS) is 11.5. The molecular formula is C22H15ClN4. The molecule has 4 rings (SSSR count).